The minimum Gasteiger partial charge on any atom is -0.454 e. The van der Waals surface area contributed by atoms with E-state index < -0.39 is 30.5 Å². The van der Waals surface area contributed by atoms with Crippen molar-refractivity contribution < 1.29 is 31.1 Å². The average molecular weight is 522 g/mol. The fraction of sp³-hybridized carbons (Fsp3) is 0.211. The largest absolute Gasteiger partial charge is 0.454 e. The van der Waals surface area contributed by atoms with Crippen LogP contribution in [0, 0.1) is 0 Å². The van der Waals surface area contributed by atoms with Crippen LogP contribution < -0.4 is 15.4 Å². The van der Waals surface area contributed by atoms with E-state index in [1.54, 1.807) is 24.3 Å². The van der Waals surface area contributed by atoms with Gasteiger partial charge in [0.2, 0.25) is 11.9 Å². The number of halogens is 7. The third-order valence-corrected chi connectivity index (χ3v) is 4.32. The standard InChI is InChI=1S/C19H14BrF6N5O/c20-13-6-4-11(5-7-13)9-27-15-29-16(31-17(30-15)32-10-18(21,22)23)28-14-3-1-2-12(8-14)19(24,25)26/h1-8H,9-10H2,(H2,27,28,29,30,31). The van der Waals surface area contributed by atoms with Crippen LogP contribution in [0.4, 0.5) is 43.9 Å². The van der Waals surface area contributed by atoms with Gasteiger partial charge in [-0.25, -0.2) is 0 Å². The first-order valence-electron chi connectivity index (χ1n) is 8.86. The highest BCUT2D eigenvalue weighted by atomic mass is 79.9. The highest BCUT2D eigenvalue weighted by Crippen LogP contribution is 2.31. The summed E-state index contributed by atoms with van der Waals surface area (Å²) < 4.78 is 81.7. The molecular weight excluding hydrogens is 508 g/mol. The monoisotopic (exact) mass is 521 g/mol. The predicted octanol–water partition coefficient (Wildman–Crippen LogP) is 5.95. The Hall–Kier alpha value is -3.09. The number of rotatable bonds is 7. The molecular formula is C19H14BrF6N5O. The molecule has 1 aromatic heterocycles. The lowest BCUT2D eigenvalue weighted by Gasteiger charge is -2.13. The molecule has 2 N–H and O–H groups in total. The summed E-state index contributed by atoms with van der Waals surface area (Å²) in [6.07, 6.45) is -9.21. The van der Waals surface area contributed by atoms with E-state index in [-0.39, 0.29) is 24.1 Å². The van der Waals surface area contributed by atoms with Crippen LogP contribution in [0.3, 0.4) is 0 Å². The molecule has 0 saturated carbocycles. The number of nitrogens with one attached hydrogen (secondary N) is 2. The van der Waals surface area contributed by atoms with Crippen molar-refractivity contribution >= 4 is 33.5 Å². The SMILES string of the molecule is FC(F)(F)COc1nc(NCc2ccc(Br)cc2)nc(Nc2cccc(C(F)(F)F)c2)n1. The molecule has 32 heavy (non-hydrogen) atoms. The second kappa shape index (κ2) is 9.59. The summed E-state index contributed by atoms with van der Waals surface area (Å²) in [7, 11) is 0. The van der Waals surface area contributed by atoms with Crippen molar-refractivity contribution in [3.05, 3.63) is 64.1 Å². The second-order valence-electron chi connectivity index (χ2n) is 6.35. The summed E-state index contributed by atoms with van der Waals surface area (Å²) in [4.78, 5) is 11.5. The predicted molar refractivity (Wildman–Crippen MR) is 108 cm³/mol. The highest BCUT2D eigenvalue weighted by molar-refractivity contribution is 9.10. The molecule has 170 valence electrons. The fourth-order valence-electron chi connectivity index (χ4n) is 2.39. The van der Waals surface area contributed by atoms with Crippen molar-refractivity contribution in [1.82, 2.24) is 15.0 Å². The van der Waals surface area contributed by atoms with E-state index in [0.29, 0.717) is 0 Å². The van der Waals surface area contributed by atoms with Crippen LogP contribution in [0.5, 0.6) is 6.01 Å². The Kier molecular flexibility index (Phi) is 7.06. The van der Waals surface area contributed by atoms with Gasteiger partial charge in [0.05, 0.1) is 5.56 Å². The maximum Gasteiger partial charge on any atom is 0.422 e. The smallest absolute Gasteiger partial charge is 0.422 e. The molecule has 3 aromatic rings. The Bertz CT molecular complexity index is 1060. The summed E-state index contributed by atoms with van der Waals surface area (Å²) >= 11 is 3.30. The zero-order valence-electron chi connectivity index (χ0n) is 15.9. The molecule has 2 aromatic carbocycles. The van der Waals surface area contributed by atoms with Gasteiger partial charge in [0.15, 0.2) is 6.61 Å². The van der Waals surface area contributed by atoms with Gasteiger partial charge in [0.1, 0.15) is 0 Å². The van der Waals surface area contributed by atoms with Crippen molar-refractivity contribution in [3.63, 3.8) is 0 Å². The molecule has 6 nitrogen and oxygen atoms in total. The Morgan fingerprint density at radius 1 is 0.875 bits per heavy atom. The zero-order chi connectivity index (χ0) is 23.4. The highest BCUT2D eigenvalue weighted by Gasteiger charge is 2.31. The summed E-state index contributed by atoms with van der Waals surface area (Å²) in [5.41, 5.74) is -0.121. The Labute approximate surface area is 186 Å². The van der Waals surface area contributed by atoms with Crippen molar-refractivity contribution in [3.8, 4) is 6.01 Å². The van der Waals surface area contributed by atoms with Crippen molar-refractivity contribution in [2.45, 2.75) is 18.9 Å². The van der Waals surface area contributed by atoms with Crippen LogP contribution >= 0.6 is 15.9 Å². The van der Waals surface area contributed by atoms with Crippen molar-refractivity contribution in [2.75, 3.05) is 17.2 Å². The molecule has 0 bridgehead atoms. The van der Waals surface area contributed by atoms with E-state index in [1.807, 2.05) is 0 Å². The number of benzene rings is 2. The average Bonchev–Trinajstić information content (AvgIpc) is 2.71. The molecule has 0 saturated heterocycles. The van der Waals surface area contributed by atoms with Crippen LogP contribution in [0.2, 0.25) is 0 Å². The number of anilines is 3. The molecule has 0 unspecified atom stereocenters. The van der Waals surface area contributed by atoms with Crippen LogP contribution in [-0.2, 0) is 12.7 Å². The Morgan fingerprint density at radius 3 is 2.22 bits per heavy atom. The zero-order valence-corrected chi connectivity index (χ0v) is 17.5. The van der Waals surface area contributed by atoms with Crippen LogP contribution in [0.25, 0.3) is 0 Å². The number of ether oxygens (including phenoxy) is 1. The molecule has 0 spiro atoms. The van der Waals surface area contributed by atoms with Gasteiger partial charge in [-0.05, 0) is 35.9 Å². The molecule has 0 fully saturated rings. The van der Waals surface area contributed by atoms with Crippen LogP contribution in [-0.4, -0.2) is 27.7 Å². The molecule has 3 rings (SSSR count). The summed E-state index contributed by atoms with van der Waals surface area (Å²) in [5, 5.41) is 5.35. The second-order valence-corrected chi connectivity index (χ2v) is 7.27. The lowest BCUT2D eigenvalue weighted by Crippen LogP contribution is -2.21. The lowest BCUT2D eigenvalue weighted by atomic mass is 10.2. The fourth-order valence-corrected chi connectivity index (χ4v) is 2.65. The van der Waals surface area contributed by atoms with Gasteiger partial charge >= 0.3 is 18.4 Å². The Balaban J connectivity index is 1.83. The first-order chi connectivity index (χ1) is 15.0. The minimum absolute atomic E-state index is 0.0216. The molecule has 0 aliphatic carbocycles. The third-order valence-electron chi connectivity index (χ3n) is 3.79. The first-order valence-corrected chi connectivity index (χ1v) is 9.65. The van der Waals surface area contributed by atoms with Gasteiger partial charge in [0.25, 0.3) is 0 Å². The summed E-state index contributed by atoms with van der Waals surface area (Å²) in [6.45, 7) is -1.43. The van der Waals surface area contributed by atoms with Crippen molar-refractivity contribution in [2.24, 2.45) is 0 Å². The molecule has 13 heteroatoms. The Morgan fingerprint density at radius 2 is 1.56 bits per heavy atom. The van der Waals surface area contributed by atoms with Gasteiger partial charge in [-0.3, -0.25) is 0 Å². The molecule has 0 aliphatic heterocycles. The van der Waals surface area contributed by atoms with E-state index in [0.717, 1.165) is 22.2 Å². The van der Waals surface area contributed by atoms with Gasteiger partial charge in [-0.2, -0.15) is 41.3 Å². The van der Waals surface area contributed by atoms with Gasteiger partial charge < -0.3 is 15.4 Å². The number of aromatic nitrogens is 3. The minimum atomic E-state index is -4.63. The summed E-state index contributed by atoms with van der Waals surface area (Å²) in [6, 6.07) is 10.7. The van der Waals surface area contributed by atoms with Crippen molar-refractivity contribution in [1.29, 1.82) is 0 Å². The number of hydrogen-bond donors (Lipinski definition) is 2. The molecule has 0 radical (unpaired) electrons. The molecule has 0 atom stereocenters. The summed E-state index contributed by atoms with van der Waals surface area (Å²) in [5.74, 6) is -0.427. The normalized spacial score (nSPS) is 11.8. The van der Waals surface area contributed by atoms with Gasteiger partial charge in [-0.15, -0.1) is 0 Å². The molecule has 0 aliphatic rings. The third kappa shape index (κ3) is 7.25. The maximum absolute atomic E-state index is 12.9. The number of nitrogens with zero attached hydrogens (tertiary/aromatic N) is 3. The van der Waals surface area contributed by atoms with Gasteiger partial charge in [-0.1, -0.05) is 34.1 Å². The van der Waals surface area contributed by atoms with Gasteiger partial charge in [0, 0.05) is 16.7 Å². The van der Waals surface area contributed by atoms with E-state index in [2.05, 4.69) is 46.3 Å². The van der Waals surface area contributed by atoms with E-state index in [9.17, 15) is 26.3 Å². The molecule has 0 amide bonds. The number of hydrogen-bond acceptors (Lipinski definition) is 6. The van der Waals surface area contributed by atoms with E-state index >= 15 is 0 Å². The maximum atomic E-state index is 12.9. The lowest BCUT2D eigenvalue weighted by molar-refractivity contribution is -0.154. The van der Waals surface area contributed by atoms with E-state index in [1.165, 1.54) is 12.1 Å². The number of alkyl halides is 6. The van der Waals surface area contributed by atoms with E-state index in [4.69, 9.17) is 0 Å². The quantitative estimate of drug-likeness (QED) is 0.374. The first kappa shape index (κ1) is 23.6. The van der Waals surface area contributed by atoms with Crippen LogP contribution in [0.1, 0.15) is 11.1 Å². The topological polar surface area (TPSA) is 72.0 Å². The molecule has 1 heterocycles. The van der Waals surface area contributed by atoms with Crippen LogP contribution in [0.15, 0.2) is 53.0 Å².